The van der Waals surface area contributed by atoms with Crippen molar-refractivity contribution in [2.45, 2.75) is 31.6 Å². The van der Waals surface area contributed by atoms with E-state index in [0.717, 1.165) is 18.9 Å². The third kappa shape index (κ3) is 2.11. The number of piperidine rings is 1. The van der Waals surface area contributed by atoms with Crippen LogP contribution in [0.2, 0.25) is 0 Å². The summed E-state index contributed by atoms with van der Waals surface area (Å²) in [6.07, 6.45) is -2.34. The van der Waals surface area contributed by atoms with Crippen molar-refractivity contribution in [1.29, 1.82) is 0 Å². The van der Waals surface area contributed by atoms with Crippen molar-refractivity contribution in [2.24, 2.45) is 0 Å². The molecule has 1 aromatic heterocycles. The minimum absolute atomic E-state index is 0.0654. The number of aromatic nitrogens is 2. The zero-order valence-corrected chi connectivity index (χ0v) is 10.6. The second-order valence-electron chi connectivity index (χ2n) is 4.97. The number of halogens is 3. The zero-order chi connectivity index (χ0) is 14.3. The predicted octanol–water partition coefficient (Wildman–Crippen LogP) is 2.62. The molecule has 0 spiro atoms. The molecule has 1 aromatic carbocycles. The molecular weight excluding hydrogens is 271 g/mol. The molecule has 7 heteroatoms. The van der Waals surface area contributed by atoms with Crippen molar-refractivity contribution < 1.29 is 13.2 Å². The largest absolute Gasteiger partial charge is 0.418 e. The van der Waals surface area contributed by atoms with E-state index in [1.54, 1.807) is 0 Å². The number of nitrogens with zero attached hydrogens (tertiary/aromatic N) is 1. The molecular formula is C13H14F3N3O. The second-order valence-corrected chi connectivity index (χ2v) is 4.97. The molecule has 0 bridgehead atoms. The Labute approximate surface area is 112 Å². The van der Waals surface area contributed by atoms with E-state index in [1.165, 1.54) is 16.7 Å². The SMILES string of the molecule is O=c1[nH]c2cccc(C(F)(F)F)c2n1C1CCCCN1. The quantitative estimate of drug-likeness (QED) is 0.846. The number of hydrogen-bond acceptors (Lipinski definition) is 2. The maximum absolute atomic E-state index is 13.1. The summed E-state index contributed by atoms with van der Waals surface area (Å²) in [5.74, 6) is 0. The van der Waals surface area contributed by atoms with Gasteiger partial charge in [-0.2, -0.15) is 13.2 Å². The van der Waals surface area contributed by atoms with Crippen LogP contribution in [0.25, 0.3) is 11.0 Å². The van der Waals surface area contributed by atoms with Crippen LogP contribution < -0.4 is 11.0 Å². The number of imidazole rings is 1. The summed E-state index contributed by atoms with van der Waals surface area (Å²) in [7, 11) is 0. The average molecular weight is 285 g/mol. The van der Waals surface area contributed by atoms with Crippen LogP contribution in [0.3, 0.4) is 0 Å². The standard InChI is InChI=1S/C13H14F3N3O/c14-13(15,16)8-4-3-5-9-11(8)19(12(20)18-9)10-6-1-2-7-17-10/h3-5,10,17H,1-2,6-7H2,(H,18,20). The van der Waals surface area contributed by atoms with E-state index in [2.05, 4.69) is 10.3 Å². The Morgan fingerprint density at radius 1 is 1.25 bits per heavy atom. The number of alkyl halides is 3. The van der Waals surface area contributed by atoms with Gasteiger partial charge in [0.15, 0.2) is 0 Å². The lowest BCUT2D eigenvalue weighted by Crippen LogP contribution is -2.36. The van der Waals surface area contributed by atoms with E-state index < -0.39 is 17.4 Å². The summed E-state index contributed by atoms with van der Waals surface area (Å²) >= 11 is 0. The molecule has 1 saturated heterocycles. The minimum Gasteiger partial charge on any atom is -0.305 e. The number of rotatable bonds is 1. The van der Waals surface area contributed by atoms with Crippen molar-refractivity contribution >= 4 is 11.0 Å². The van der Waals surface area contributed by atoms with Crippen LogP contribution in [-0.2, 0) is 6.18 Å². The van der Waals surface area contributed by atoms with Gasteiger partial charge >= 0.3 is 11.9 Å². The Hall–Kier alpha value is -1.76. The van der Waals surface area contributed by atoms with Gasteiger partial charge in [-0.05, 0) is 37.9 Å². The fourth-order valence-corrected chi connectivity index (χ4v) is 2.76. The summed E-state index contributed by atoms with van der Waals surface area (Å²) in [6, 6.07) is 3.81. The number of benzene rings is 1. The molecule has 108 valence electrons. The summed E-state index contributed by atoms with van der Waals surface area (Å²) in [5, 5.41) is 3.11. The van der Waals surface area contributed by atoms with Crippen molar-refractivity contribution in [3.8, 4) is 0 Å². The Balaban J connectivity index is 2.25. The molecule has 1 aliphatic rings. The summed E-state index contributed by atoms with van der Waals surface area (Å²) in [6.45, 7) is 0.706. The Kier molecular flexibility index (Phi) is 3.08. The first-order chi connectivity index (χ1) is 9.48. The highest BCUT2D eigenvalue weighted by Crippen LogP contribution is 2.35. The number of H-pyrrole nitrogens is 1. The first-order valence-electron chi connectivity index (χ1n) is 6.52. The fraction of sp³-hybridized carbons (Fsp3) is 0.462. The van der Waals surface area contributed by atoms with Gasteiger partial charge in [0, 0.05) is 0 Å². The second kappa shape index (κ2) is 4.66. The van der Waals surface area contributed by atoms with Gasteiger partial charge in [-0.25, -0.2) is 4.79 Å². The van der Waals surface area contributed by atoms with Crippen LogP contribution >= 0.6 is 0 Å². The van der Waals surface area contributed by atoms with Crippen LogP contribution in [0.15, 0.2) is 23.0 Å². The number of nitrogens with one attached hydrogen (secondary N) is 2. The van der Waals surface area contributed by atoms with Crippen LogP contribution in [0.5, 0.6) is 0 Å². The zero-order valence-electron chi connectivity index (χ0n) is 10.6. The van der Waals surface area contributed by atoms with Crippen LogP contribution in [0.4, 0.5) is 13.2 Å². The molecule has 3 rings (SSSR count). The number of aromatic amines is 1. The molecule has 4 nitrogen and oxygen atoms in total. The van der Waals surface area contributed by atoms with Gasteiger partial charge in [-0.15, -0.1) is 0 Å². The minimum atomic E-state index is -4.48. The van der Waals surface area contributed by atoms with Gasteiger partial charge in [0.05, 0.1) is 22.8 Å². The smallest absolute Gasteiger partial charge is 0.305 e. The van der Waals surface area contributed by atoms with Gasteiger partial charge in [-0.3, -0.25) is 9.88 Å². The van der Waals surface area contributed by atoms with E-state index in [1.807, 2.05) is 0 Å². The first kappa shape index (κ1) is 13.2. The fourth-order valence-electron chi connectivity index (χ4n) is 2.76. The molecule has 0 amide bonds. The summed E-state index contributed by atoms with van der Waals surface area (Å²) < 4.78 is 40.6. The first-order valence-corrected chi connectivity index (χ1v) is 6.52. The normalized spacial score (nSPS) is 20.4. The molecule has 1 unspecified atom stereocenters. The van der Waals surface area contributed by atoms with Crippen molar-refractivity contribution in [1.82, 2.24) is 14.9 Å². The molecule has 2 aromatic rings. The number of hydrogen-bond donors (Lipinski definition) is 2. The van der Waals surface area contributed by atoms with E-state index in [9.17, 15) is 18.0 Å². The molecule has 2 heterocycles. The summed E-state index contributed by atoms with van der Waals surface area (Å²) in [5.41, 5.74) is -1.13. The molecule has 1 fully saturated rings. The van der Waals surface area contributed by atoms with Crippen molar-refractivity contribution in [3.63, 3.8) is 0 Å². The average Bonchev–Trinajstić information content (AvgIpc) is 2.74. The van der Waals surface area contributed by atoms with Crippen molar-refractivity contribution in [2.75, 3.05) is 6.54 Å². The van der Waals surface area contributed by atoms with Gasteiger partial charge in [-0.1, -0.05) is 6.07 Å². The highest BCUT2D eigenvalue weighted by Gasteiger charge is 2.35. The third-order valence-corrected chi connectivity index (χ3v) is 3.64. The third-order valence-electron chi connectivity index (χ3n) is 3.64. The van der Waals surface area contributed by atoms with Crippen molar-refractivity contribution in [3.05, 3.63) is 34.2 Å². The van der Waals surface area contributed by atoms with E-state index >= 15 is 0 Å². The molecule has 0 saturated carbocycles. The molecule has 0 radical (unpaired) electrons. The van der Waals surface area contributed by atoms with E-state index in [4.69, 9.17) is 0 Å². The molecule has 20 heavy (non-hydrogen) atoms. The van der Waals surface area contributed by atoms with Crippen LogP contribution in [-0.4, -0.2) is 16.1 Å². The van der Waals surface area contributed by atoms with E-state index in [-0.39, 0.29) is 17.2 Å². The lowest BCUT2D eigenvalue weighted by atomic mass is 10.1. The lowest BCUT2D eigenvalue weighted by molar-refractivity contribution is -0.136. The maximum Gasteiger partial charge on any atom is 0.418 e. The number of para-hydroxylation sites is 1. The lowest BCUT2D eigenvalue weighted by Gasteiger charge is -2.25. The highest BCUT2D eigenvalue weighted by molar-refractivity contribution is 5.79. The Bertz CT molecular complexity index is 680. The Morgan fingerprint density at radius 2 is 2.05 bits per heavy atom. The number of fused-ring (bicyclic) bond motifs is 1. The van der Waals surface area contributed by atoms with E-state index in [0.29, 0.717) is 13.0 Å². The molecule has 1 atom stereocenters. The molecule has 1 aliphatic heterocycles. The summed E-state index contributed by atoms with van der Waals surface area (Å²) in [4.78, 5) is 14.5. The molecule has 2 N–H and O–H groups in total. The Morgan fingerprint density at radius 3 is 2.70 bits per heavy atom. The maximum atomic E-state index is 13.1. The van der Waals surface area contributed by atoms with Gasteiger partial charge in [0.1, 0.15) is 0 Å². The topological polar surface area (TPSA) is 49.8 Å². The van der Waals surface area contributed by atoms with Gasteiger partial charge in [0.2, 0.25) is 0 Å². The monoisotopic (exact) mass is 285 g/mol. The predicted molar refractivity (Wildman–Crippen MR) is 68.5 cm³/mol. The van der Waals surface area contributed by atoms with Gasteiger partial charge in [0.25, 0.3) is 0 Å². The van der Waals surface area contributed by atoms with Crippen LogP contribution in [0, 0.1) is 0 Å². The van der Waals surface area contributed by atoms with Gasteiger partial charge < -0.3 is 4.98 Å². The molecule has 0 aliphatic carbocycles. The highest BCUT2D eigenvalue weighted by atomic mass is 19.4. The van der Waals surface area contributed by atoms with Crippen LogP contribution in [0.1, 0.15) is 31.0 Å².